The molecule has 2 aromatic rings. The monoisotopic (exact) mass is 367 g/mol. The van der Waals surface area contributed by atoms with Crippen LogP contribution >= 0.6 is 27.5 Å². The van der Waals surface area contributed by atoms with Gasteiger partial charge in [0.1, 0.15) is 11.8 Å². The smallest absolute Gasteiger partial charge is 0.316 e. The van der Waals surface area contributed by atoms with Gasteiger partial charge in [-0.2, -0.15) is 0 Å². The van der Waals surface area contributed by atoms with Crippen LogP contribution in [0.5, 0.6) is 0 Å². The van der Waals surface area contributed by atoms with Crippen molar-refractivity contribution < 1.29 is 9.53 Å². The summed E-state index contributed by atoms with van der Waals surface area (Å²) in [5, 5.41) is 0.305. The summed E-state index contributed by atoms with van der Waals surface area (Å²) in [4.78, 5) is 16.4. The van der Waals surface area contributed by atoms with Crippen LogP contribution in [-0.2, 0) is 21.6 Å². The van der Waals surface area contributed by atoms with Crippen molar-refractivity contribution in [3.63, 3.8) is 0 Å². The second-order valence-electron chi connectivity index (χ2n) is 5.18. The van der Waals surface area contributed by atoms with E-state index in [0.717, 1.165) is 10.0 Å². The number of carbonyl (C=O) groups is 1. The maximum atomic E-state index is 12.4. The molecule has 0 unspecified atom stereocenters. The molecule has 21 heavy (non-hydrogen) atoms. The zero-order valence-electron chi connectivity index (χ0n) is 11.8. The normalized spacial score (nSPS) is 11.2. The zero-order valence-corrected chi connectivity index (χ0v) is 14.1. The molecule has 0 N–H and O–H groups in total. The summed E-state index contributed by atoms with van der Waals surface area (Å²) < 4.78 is 6.17. The van der Waals surface area contributed by atoms with Gasteiger partial charge in [-0.1, -0.05) is 41.9 Å². The number of benzene rings is 1. The average Bonchev–Trinajstić information content (AvgIpc) is 2.48. The van der Waals surface area contributed by atoms with Crippen molar-refractivity contribution in [2.45, 2.75) is 25.9 Å². The minimum absolute atomic E-state index is 0.238. The highest BCUT2D eigenvalue weighted by Gasteiger charge is 2.34. The number of carbonyl (C=O) groups excluding carboxylic acids is 1. The van der Waals surface area contributed by atoms with Crippen molar-refractivity contribution in [2.75, 3.05) is 0 Å². The molecular weight excluding hydrogens is 354 g/mol. The Morgan fingerprint density at radius 3 is 2.67 bits per heavy atom. The van der Waals surface area contributed by atoms with Crippen LogP contribution in [0.2, 0.25) is 5.15 Å². The predicted molar refractivity (Wildman–Crippen MR) is 86.2 cm³/mol. The lowest BCUT2D eigenvalue weighted by molar-refractivity contribution is -0.150. The summed E-state index contributed by atoms with van der Waals surface area (Å²) in [6.45, 7) is 3.79. The van der Waals surface area contributed by atoms with Crippen molar-refractivity contribution in [3.8, 4) is 0 Å². The summed E-state index contributed by atoms with van der Waals surface area (Å²) in [5.41, 5.74) is 0.708. The molecule has 110 valence electrons. The number of aromatic nitrogens is 1. The van der Waals surface area contributed by atoms with Gasteiger partial charge in [-0.25, -0.2) is 4.98 Å². The third kappa shape index (κ3) is 3.83. The van der Waals surface area contributed by atoms with Crippen LogP contribution in [-0.4, -0.2) is 11.0 Å². The molecule has 0 atom stereocenters. The number of hydrogen-bond donors (Lipinski definition) is 0. The molecule has 0 spiro atoms. The highest BCUT2D eigenvalue weighted by molar-refractivity contribution is 9.10. The number of nitrogens with zero attached hydrogens (tertiary/aromatic N) is 1. The Morgan fingerprint density at radius 2 is 2.00 bits per heavy atom. The van der Waals surface area contributed by atoms with Crippen LogP contribution < -0.4 is 0 Å². The lowest BCUT2D eigenvalue weighted by atomic mass is 9.86. The SMILES string of the molecule is CC(C)(C(=O)OCc1ccccc1)c1cc(Br)cnc1Cl. The standard InChI is InChI=1S/C16H15BrClNO2/c1-16(2,13-8-12(17)9-19-14(13)18)15(20)21-10-11-6-4-3-5-7-11/h3-9H,10H2,1-2H3. The fourth-order valence-electron chi connectivity index (χ4n) is 1.87. The van der Waals surface area contributed by atoms with E-state index in [1.807, 2.05) is 30.3 Å². The topological polar surface area (TPSA) is 39.2 Å². The van der Waals surface area contributed by atoms with Gasteiger partial charge in [0.2, 0.25) is 0 Å². The summed E-state index contributed by atoms with van der Waals surface area (Å²) >= 11 is 9.44. The minimum Gasteiger partial charge on any atom is -0.460 e. The average molecular weight is 369 g/mol. The molecule has 2 rings (SSSR count). The van der Waals surface area contributed by atoms with Gasteiger partial charge in [-0.3, -0.25) is 4.79 Å². The third-order valence-corrected chi connectivity index (χ3v) is 3.94. The maximum Gasteiger partial charge on any atom is 0.316 e. The van der Waals surface area contributed by atoms with E-state index in [-0.39, 0.29) is 12.6 Å². The largest absolute Gasteiger partial charge is 0.460 e. The molecule has 0 saturated carbocycles. The van der Waals surface area contributed by atoms with E-state index in [1.165, 1.54) is 0 Å². The first-order chi connectivity index (χ1) is 9.91. The maximum absolute atomic E-state index is 12.4. The van der Waals surface area contributed by atoms with E-state index < -0.39 is 5.41 Å². The van der Waals surface area contributed by atoms with Gasteiger partial charge >= 0.3 is 5.97 Å². The quantitative estimate of drug-likeness (QED) is 0.588. The number of esters is 1. The molecule has 0 aliphatic carbocycles. The van der Waals surface area contributed by atoms with E-state index >= 15 is 0 Å². The zero-order chi connectivity index (χ0) is 15.5. The molecule has 0 aliphatic rings. The summed E-state index contributed by atoms with van der Waals surface area (Å²) in [7, 11) is 0. The molecule has 0 amide bonds. The highest BCUT2D eigenvalue weighted by Crippen LogP contribution is 2.32. The summed E-state index contributed by atoms with van der Waals surface area (Å²) in [5.74, 6) is -0.340. The summed E-state index contributed by atoms with van der Waals surface area (Å²) in [6, 6.07) is 11.3. The fraction of sp³-hybridized carbons (Fsp3) is 0.250. The van der Waals surface area contributed by atoms with Gasteiger partial charge < -0.3 is 4.74 Å². The van der Waals surface area contributed by atoms with E-state index in [4.69, 9.17) is 16.3 Å². The van der Waals surface area contributed by atoms with Crippen LogP contribution in [0, 0.1) is 0 Å². The molecule has 3 nitrogen and oxygen atoms in total. The molecule has 1 heterocycles. The Hall–Kier alpha value is -1.39. The molecule has 0 aliphatic heterocycles. The molecule has 1 aromatic heterocycles. The van der Waals surface area contributed by atoms with Gasteiger partial charge in [0.05, 0.1) is 5.41 Å². The lowest BCUT2D eigenvalue weighted by Crippen LogP contribution is -2.31. The van der Waals surface area contributed by atoms with Crippen molar-refractivity contribution in [2.24, 2.45) is 0 Å². The van der Waals surface area contributed by atoms with Crippen molar-refractivity contribution in [1.29, 1.82) is 0 Å². The van der Waals surface area contributed by atoms with E-state index in [0.29, 0.717) is 10.7 Å². The minimum atomic E-state index is -0.872. The third-order valence-electron chi connectivity index (χ3n) is 3.20. The number of halogens is 2. The van der Waals surface area contributed by atoms with Gasteiger partial charge in [0.25, 0.3) is 0 Å². The van der Waals surface area contributed by atoms with Gasteiger partial charge in [-0.05, 0) is 41.4 Å². The molecule has 0 bridgehead atoms. The van der Waals surface area contributed by atoms with E-state index in [1.54, 1.807) is 26.1 Å². The van der Waals surface area contributed by atoms with E-state index in [9.17, 15) is 4.79 Å². The Bertz CT molecular complexity index is 644. The van der Waals surface area contributed by atoms with Crippen LogP contribution in [0.3, 0.4) is 0 Å². The predicted octanol–water partition coefficient (Wildman–Crippen LogP) is 4.52. The van der Waals surface area contributed by atoms with Crippen LogP contribution in [0.25, 0.3) is 0 Å². The van der Waals surface area contributed by atoms with Crippen molar-refractivity contribution >= 4 is 33.5 Å². The Kier molecular flexibility index (Phi) is 5.01. The summed E-state index contributed by atoms with van der Waals surface area (Å²) in [6.07, 6.45) is 1.59. The second kappa shape index (κ2) is 6.58. The fourth-order valence-corrected chi connectivity index (χ4v) is 2.55. The van der Waals surface area contributed by atoms with Crippen molar-refractivity contribution in [1.82, 2.24) is 4.98 Å². The Morgan fingerprint density at radius 1 is 1.33 bits per heavy atom. The first-order valence-electron chi connectivity index (χ1n) is 6.44. The van der Waals surface area contributed by atoms with Gasteiger partial charge in [0, 0.05) is 16.2 Å². The van der Waals surface area contributed by atoms with E-state index in [2.05, 4.69) is 20.9 Å². The number of pyridine rings is 1. The molecule has 1 aromatic carbocycles. The Labute approximate surface area is 137 Å². The number of rotatable bonds is 4. The Balaban J connectivity index is 2.15. The van der Waals surface area contributed by atoms with Gasteiger partial charge in [0.15, 0.2) is 0 Å². The van der Waals surface area contributed by atoms with Crippen molar-refractivity contribution in [3.05, 3.63) is 63.3 Å². The molecular formula is C16H15BrClNO2. The number of ether oxygens (including phenoxy) is 1. The lowest BCUT2D eigenvalue weighted by Gasteiger charge is -2.24. The van der Waals surface area contributed by atoms with Crippen LogP contribution in [0.15, 0.2) is 47.1 Å². The highest BCUT2D eigenvalue weighted by atomic mass is 79.9. The first kappa shape index (κ1) is 16.0. The molecule has 0 saturated heterocycles. The molecule has 0 radical (unpaired) electrons. The number of hydrogen-bond acceptors (Lipinski definition) is 3. The molecule has 0 fully saturated rings. The van der Waals surface area contributed by atoms with Crippen LogP contribution in [0.1, 0.15) is 25.0 Å². The molecule has 5 heteroatoms. The first-order valence-corrected chi connectivity index (χ1v) is 7.61. The van der Waals surface area contributed by atoms with Gasteiger partial charge in [-0.15, -0.1) is 0 Å². The second-order valence-corrected chi connectivity index (χ2v) is 6.45. The van der Waals surface area contributed by atoms with Crippen LogP contribution in [0.4, 0.5) is 0 Å².